The van der Waals surface area contributed by atoms with Gasteiger partial charge in [0.1, 0.15) is 11.8 Å². The number of rotatable bonds is 7. The van der Waals surface area contributed by atoms with Crippen LogP contribution in [-0.2, 0) is 4.79 Å². The number of quaternary nitrogens is 1. The molecule has 0 unspecified atom stereocenters. The van der Waals surface area contributed by atoms with Crippen LogP contribution < -0.4 is 19.9 Å². The average molecular weight is 401 g/mol. The summed E-state index contributed by atoms with van der Waals surface area (Å²) in [6.07, 6.45) is 2.10. The van der Waals surface area contributed by atoms with Crippen LogP contribution in [0.3, 0.4) is 0 Å². The maximum atomic E-state index is 12.3. The molecular weight excluding hydrogens is 370 g/mol. The van der Waals surface area contributed by atoms with Crippen LogP contribution in [0.15, 0.2) is 41.8 Å². The van der Waals surface area contributed by atoms with Crippen molar-refractivity contribution < 1.29 is 14.4 Å². The lowest BCUT2D eigenvalue weighted by Crippen LogP contribution is -3.16. The Balaban J connectivity index is 1.45. The van der Waals surface area contributed by atoms with E-state index in [2.05, 4.69) is 46.8 Å². The fourth-order valence-corrected chi connectivity index (χ4v) is 5.27. The number of nitrogens with zero attached hydrogens (tertiary/aromatic N) is 1. The Kier molecular flexibility index (Phi) is 5.87. The molecule has 2 fully saturated rings. The summed E-state index contributed by atoms with van der Waals surface area (Å²) in [5, 5.41) is 5.44. The number of nitrogens with one attached hydrogen (secondary N) is 2. The second kappa shape index (κ2) is 8.53. The van der Waals surface area contributed by atoms with Gasteiger partial charge < -0.3 is 19.9 Å². The summed E-state index contributed by atoms with van der Waals surface area (Å²) < 4.78 is 5.55. The predicted molar refractivity (Wildman–Crippen MR) is 113 cm³/mol. The van der Waals surface area contributed by atoms with Gasteiger partial charge in [0.05, 0.1) is 49.9 Å². The first kappa shape index (κ1) is 19.3. The summed E-state index contributed by atoms with van der Waals surface area (Å²) in [5.74, 6) is 1.43. The van der Waals surface area contributed by atoms with Gasteiger partial charge in [0.15, 0.2) is 0 Å². The summed E-state index contributed by atoms with van der Waals surface area (Å²) in [4.78, 5) is 17.7. The quantitative estimate of drug-likeness (QED) is 0.748. The van der Waals surface area contributed by atoms with Crippen LogP contribution in [0.5, 0.6) is 5.75 Å². The zero-order valence-electron chi connectivity index (χ0n) is 16.7. The van der Waals surface area contributed by atoms with E-state index < -0.39 is 0 Å². The number of para-hydroxylation sites is 2. The fourth-order valence-electron chi connectivity index (χ4n) is 4.28. The van der Waals surface area contributed by atoms with E-state index in [0.717, 1.165) is 44.8 Å². The molecular formula is C22H30N3O2S+. The molecule has 0 bridgehead atoms. The van der Waals surface area contributed by atoms with E-state index >= 15 is 0 Å². The number of carbonyl (C=O) groups excluding carboxylic acids is 1. The van der Waals surface area contributed by atoms with Gasteiger partial charge in [-0.15, -0.1) is 11.3 Å². The van der Waals surface area contributed by atoms with Gasteiger partial charge in [-0.05, 0) is 43.3 Å². The molecule has 0 spiro atoms. The minimum atomic E-state index is 0.138. The summed E-state index contributed by atoms with van der Waals surface area (Å²) in [7, 11) is 1.73. The zero-order valence-corrected chi connectivity index (χ0v) is 17.5. The number of ether oxygens (including phenoxy) is 1. The Hall–Kier alpha value is -2.05. The molecule has 1 aromatic heterocycles. The highest BCUT2D eigenvalue weighted by molar-refractivity contribution is 7.10. The Morgan fingerprint density at radius 2 is 1.96 bits per heavy atom. The lowest BCUT2D eigenvalue weighted by Gasteiger charge is -2.39. The molecule has 2 atom stereocenters. The van der Waals surface area contributed by atoms with E-state index in [1.807, 2.05) is 12.1 Å². The lowest BCUT2D eigenvalue weighted by molar-refractivity contribution is -0.933. The van der Waals surface area contributed by atoms with Crippen molar-refractivity contribution in [3.8, 4) is 5.75 Å². The van der Waals surface area contributed by atoms with Crippen LogP contribution in [0.25, 0.3) is 0 Å². The Bertz CT molecular complexity index is 783. The minimum Gasteiger partial charge on any atom is -0.495 e. The van der Waals surface area contributed by atoms with Crippen molar-refractivity contribution in [1.29, 1.82) is 0 Å². The Morgan fingerprint density at radius 1 is 1.21 bits per heavy atom. The molecule has 5 nitrogen and oxygen atoms in total. The molecule has 1 saturated heterocycles. The number of anilines is 1. The molecule has 28 heavy (non-hydrogen) atoms. The number of hydrogen-bond acceptors (Lipinski definition) is 4. The van der Waals surface area contributed by atoms with E-state index in [-0.39, 0.29) is 17.9 Å². The molecule has 1 saturated carbocycles. The second-order valence-corrected chi connectivity index (χ2v) is 8.86. The smallest absolute Gasteiger partial charge is 0.223 e. The predicted octanol–water partition coefficient (Wildman–Crippen LogP) is 2.12. The van der Waals surface area contributed by atoms with Gasteiger partial charge in [0.25, 0.3) is 0 Å². The van der Waals surface area contributed by atoms with E-state index in [1.165, 1.54) is 10.6 Å². The number of benzene rings is 1. The highest BCUT2D eigenvalue weighted by Gasteiger charge is 2.37. The van der Waals surface area contributed by atoms with Gasteiger partial charge in [-0.25, -0.2) is 0 Å². The maximum Gasteiger partial charge on any atom is 0.223 e. The first-order valence-corrected chi connectivity index (χ1v) is 11.1. The van der Waals surface area contributed by atoms with Gasteiger partial charge in [0, 0.05) is 5.92 Å². The molecule has 1 aliphatic carbocycles. The SMILES string of the molecule is COc1ccccc1N1CC[NH+]([C@H](c2cccs2)[C@@H](C)NC(=O)C2CC2)CC1. The molecule has 2 aliphatic rings. The Labute approximate surface area is 171 Å². The monoisotopic (exact) mass is 400 g/mol. The number of carbonyl (C=O) groups is 1. The minimum absolute atomic E-state index is 0.138. The van der Waals surface area contributed by atoms with Crippen molar-refractivity contribution in [1.82, 2.24) is 5.32 Å². The molecule has 150 valence electrons. The first-order chi connectivity index (χ1) is 13.7. The van der Waals surface area contributed by atoms with Crippen molar-refractivity contribution in [3.05, 3.63) is 46.7 Å². The summed E-state index contributed by atoms with van der Waals surface area (Å²) in [6.45, 7) is 6.24. The number of thiophene rings is 1. The van der Waals surface area contributed by atoms with Gasteiger partial charge in [-0.1, -0.05) is 18.2 Å². The van der Waals surface area contributed by atoms with Crippen LogP contribution in [0, 0.1) is 5.92 Å². The van der Waals surface area contributed by atoms with Crippen LogP contribution in [-0.4, -0.2) is 45.2 Å². The molecule has 6 heteroatoms. The highest BCUT2D eigenvalue weighted by Crippen LogP contribution is 2.30. The number of hydrogen-bond donors (Lipinski definition) is 2. The largest absolute Gasteiger partial charge is 0.495 e. The van der Waals surface area contributed by atoms with Crippen molar-refractivity contribution in [3.63, 3.8) is 0 Å². The number of methoxy groups -OCH3 is 1. The van der Waals surface area contributed by atoms with Crippen LogP contribution in [0.4, 0.5) is 5.69 Å². The molecule has 1 aliphatic heterocycles. The third kappa shape index (κ3) is 4.18. The summed E-state index contributed by atoms with van der Waals surface area (Å²) in [5.41, 5.74) is 1.17. The molecule has 2 aromatic rings. The van der Waals surface area contributed by atoms with Gasteiger partial charge in [-0.3, -0.25) is 4.79 Å². The third-order valence-electron chi connectivity index (χ3n) is 5.94. The highest BCUT2D eigenvalue weighted by atomic mass is 32.1. The van der Waals surface area contributed by atoms with E-state index in [4.69, 9.17) is 4.74 Å². The van der Waals surface area contributed by atoms with E-state index in [9.17, 15) is 4.79 Å². The number of piperazine rings is 1. The zero-order chi connectivity index (χ0) is 19.5. The number of amides is 1. The molecule has 0 radical (unpaired) electrons. The molecule has 1 amide bonds. The Morgan fingerprint density at radius 3 is 2.61 bits per heavy atom. The van der Waals surface area contributed by atoms with Gasteiger partial charge >= 0.3 is 0 Å². The van der Waals surface area contributed by atoms with Crippen molar-refractivity contribution >= 4 is 22.9 Å². The van der Waals surface area contributed by atoms with Crippen LogP contribution >= 0.6 is 11.3 Å². The third-order valence-corrected chi connectivity index (χ3v) is 6.89. The standard InChI is InChI=1S/C22H29N3O2S/c1-16(23-22(26)17-9-10-17)21(20-8-5-15-28-20)25-13-11-24(12-14-25)18-6-3-4-7-19(18)27-2/h3-8,15-17,21H,9-14H2,1-2H3,(H,23,26)/p+1/t16-,21+/m1/s1. The summed E-state index contributed by atoms with van der Waals surface area (Å²) >= 11 is 1.80. The molecule has 1 aromatic carbocycles. The normalized spacial score (nSPS) is 19.9. The van der Waals surface area contributed by atoms with Crippen LogP contribution in [0.1, 0.15) is 30.7 Å². The van der Waals surface area contributed by atoms with Gasteiger partial charge in [0.2, 0.25) is 5.91 Å². The molecule has 2 heterocycles. The maximum absolute atomic E-state index is 12.3. The van der Waals surface area contributed by atoms with Crippen LogP contribution in [0.2, 0.25) is 0 Å². The topological polar surface area (TPSA) is 46.0 Å². The second-order valence-electron chi connectivity index (χ2n) is 7.88. The van der Waals surface area contributed by atoms with E-state index in [1.54, 1.807) is 23.3 Å². The van der Waals surface area contributed by atoms with E-state index in [0.29, 0.717) is 6.04 Å². The fraction of sp³-hybridized carbons (Fsp3) is 0.500. The van der Waals surface area contributed by atoms with Crippen molar-refractivity contribution in [2.24, 2.45) is 5.92 Å². The first-order valence-electron chi connectivity index (χ1n) is 10.2. The lowest BCUT2D eigenvalue weighted by atomic mass is 10.0. The average Bonchev–Trinajstić information content (AvgIpc) is 3.45. The van der Waals surface area contributed by atoms with Crippen molar-refractivity contribution in [2.75, 3.05) is 38.2 Å². The molecule has 2 N–H and O–H groups in total. The summed E-state index contributed by atoms with van der Waals surface area (Å²) in [6, 6.07) is 13.0. The van der Waals surface area contributed by atoms with Crippen molar-refractivity contribution in [2.45, 2.75) is 31.8 Å². The molecule has 4 rings (SSSR count). The van der Waals surface area contributed by atoms with Gasteiger partial charge in [-0.2, -0.15) is 0 Å².